The van der Waals surface area contributed by atoms with Gasteiger partial charge in [-0.25, -0.2) is 57.1 Å². The summed E-state index contributed by atoms with van der Waals surface area (Å²) < 4.78 is 272. The molecule has 6 heterocycles. The minimum absolute atomic E-state index is 0.0388. The summed E-state index contributed by atoms with van der Waals surface area (Å²) in [5.74, 6) is -6.92. The first-order valence-corrected chi connectivity index (χ1v) is 35.9. The lowest BCUT2D eigenvalue weighted by Crippen LogP contribution is -2.33. The highest BCUT2D eigenvalue weighted by molar-refractivity contribution is 7.99. The number of anilines is 3. The number of aliphatic hydroxyl groups excluding tert-OH is 7. The first-order chi connectivity index (χ1) is 61.3. The van der Waals surface area contributed by atoms with Gasteiger partial charge in [0.15, 0.2) is 66.4 Å². The Bertz CT molecular complexity index is 5930. The molecule has 0 spiro atoms. The summed E-state index contributed by atoms with van der Waals surface area (Å²) in [6.07, 6.45) is -21.5. The van der Waals surface area contributed by atoms with Gasteiger partial charge in [-0.15, -0.1) is 15.3 Å². The number of nitrogens with zero attached hydrogens (tertiary/aromatic N) is 15. The Labute approximate surface area is 669 Å². The van der Waals surface area contributed by atoms with Crippen LogP contribution in [0.3, 0.4) is 0 Å². The third kappa shape index (κ3) is 17.5. The van der Waals surface area contributed by atoms with E-state index in [2.05, 4.69) is 76.8 Å². The van der Waals surface area contributed by atoms with Crippen LogP contribution in [-0.2, 0) is 14.2 Å². The van der Waals surface area contributed by atoms with Crippen molar-refractivity contribution in [2.75, 3.05) is 72.5 Å². The zero-order valence-corrected chi connectivity index (χ0v) is 60.5. The van der Waals surface area contributed by atoms with Crippen LogP contribution in [0.5, 0.6) is 0 Å². The third-order valence-electron chi connectivity index (χ3n) is 18.4. The monoisotopic (exact) mass is 1580 g/mol. The second kappa shape index (κ2) is 35.1. The SMILES string of the molecule is [2H]C([2H])(C)C([2H])([2H])Sc1nc(N[C@]2([2H])C[C@@]2([2H])c2ccc(C)c(F)c2)c2nnn([C@@H]3C[C@H](OC([2H])([2H])C([2H])([2H])O)[C@@H](O)[C@H]3O)c2n1.[2H]C([2H])(CO)O[C@H]1C[C@@H](n2nnc3c(N[C@]4([2H])C[C@@]4([2H])c4ccc(C)c(F)c4)nc(SC([2H])([2H])C([2H])([2H])C)nc32)[C@H](O)[C@@H]1O.[2H]C([2H])(O)CO[C@H]1C[C@@H](n2nnc3c(N[C@]4([2H])C[C@@]4([2H])c4ccc(C)c(F)c4)nc(SC([2H])([2H])C([2H])([2H])C)nc32)[C@H](O)[C@@H]1O. The number of aromatic nitrogens is 15. The second-order valence-electron chi connectivity index (χ2n) is 25.4. The number of benzene rings is 3. The molecule has 0 radical (unpaired) electrons. The van der Waals surface area contributed by atoms with Crippen molar-refractivity contribution in [3.8, 4) is 0 Å². The Hall–Kier alpha value is -7.14. The molecule has 6 aliphatic carbocycles. The van der Waals surface area contributed by atoms with Crippen LogP contribution in [-0.4, -0.2) is 250 Å². The van der Waals surface area contributed by atoms with Gasteiger partial charge in [-0.1, -0.05) is 108 Å². The van der Waals surface area contributed by atoms with Crippen molar-refractivity contribution < 1.29 is 109 Å². The molecule has 0 unspecified atom stereocenters. The molecule has 6 saturated carbocycles. The highest BCUT2D eigenvalue weighted by Crippen LogP contribution is 2.48. The lowest BCUT2D eigenvalue weighted by atomic mass is 10.1. The molecule has 3 aromatic carbocycles. The topological polar surface area (TPSA) is 415 Å². The summed E-state index contributed by atoms with van der Waals surface area (Å²) in [6, 6.07) is 4.11. The van der Waals surface area contributed by atoms with Crippen LogP contribution < -0.4 is 16.0 Å². The van der Waals surface area contributed by atoms with E-state index in [9.17, 15) is 59.1 Å². The molecule has 6 aliphatic rings. The minimum atomic E-state index is -3.45. The molecule has 9 aromatic rings. The molecule has 6 fully saturated rings. The molecule has 6 aromatic heterocycles. The Morgan fingerprint density at radius 2 is 0.778 bits per heavy atom. The standard InChI is InChI=1S/3C24H31FN6O4S/c3*1-3-8-36-24-27-22(26-16-10-14(16)13-5-4-12(2)15(25)9-13)19-23(28-24)31(30-29-19)17-11-18(35-7-6-32)21(34)20(17)33/h3*4-5,9,14,16-18,20-21,32-34H,3,6-8,10-11H2,1-2H3,(H,26,27,28)/t3*14-,16+,17+,18-,20-,21+/m000/s1/i3D2,6D2,7D2,8D2,14D,16D;3D2,7D2,8D2,14D,16D;3D2,6D2,8D2,14D,16D. The van der Waals surface area contributed by atoms with E-state index in [-0.39, 0.29) is 122 Å². The molecule has 0 bridgehead atoms. The summed E-state index contributed by atoms with van der Waals surface area (Å²) in [6.45, 7) is -5.87. The fourth-order valence-electron chi connectivity index (χ4n) is 12.6. The van der Waals surface area contributed by atoms with Crippen molar-refractivity contribution in [2.45, 2.75) is 223 Å². The predicted octanol–water partition coefficient (Wildman–Crippen LogP) is 6.55. The molecular formula is C72H93F3N18O12S3. The fourth-order valence-corrected chi connectivity index (χ4v) is 14.0. The lowest BCUT2D eigenvalue weighted by molar-refractivity contribution is -0.0629. The van der Waals surface area contributed by atoms with Gasteiger partial charge in [0.1, 0.15) is 54.1 Å². The number of aryl methyl sites for hydroxylation is 3. The maximum Gasteiger partial charge on any atom is 0.191 e. The minimum Gasteiger partial charge on any atom is -0.394 e. The van der Waals surface area contributed by atoms with E-state index in [1.807, 2.05) is 0 Å². The van der Waals surface area contributed by atoms with E-state index < -0.39 is 202 Å². The van der Waals surface area contributed by atoms with Crippen LogP contribution in [0.25, 0.3) is 33.5 Å². The number of halogens is 3. The molecule has 18 atom stereocenters. The van der Waals surface area contributed by atoms with E-state index in [1.165, 1.54) is 42.5 Å². The Kier molecular flexibility index (Phi) is 16.9. The summed E-state index contributed by atoms with van der Waals surface area (Å²) in [4.78, 5) is 25.8. The summed E-state index contributed by atoms with van der Waals surface area (Å²) in [5.41, 5.74) is -6.37. The smallest absolute Gasteiger partial charge is 0.191 e. The predicted molar refractivity (Wildman–Crippen MR) is 398 cm³/mol. The first kappa shape index (κ1) is 52.2. The molecule has 108 heavy (non-hydrogen) atoms. The number of nitrogens with one attached hydrogen (secondary N) is 3. The zero-order chi connectivity index (χ0) is 99.7. The van der Waals surface area contributed by atoms with Gasteiger partial charge in [-0.2, -0.15) is 0 Å². The van der Waals surface area contributed by atoms with Crippen molar-refractivity contribution in [3.05, 3.63) is 105 Å². The average molecular weight is 1580 g/mol. The average Bonchev–Trinajstić information content (AvgIpc) is 1.54. The molecule has 15 rings (SSSR count). The number of rotatable bonds is 30. The van der Waals surface area contributed by atoms with Crippen LogP contribution in [0.1, 0.15) is 183 Å². The molecule has 12 N–H and O–H groups in total. The molecule has 0 amide bonds. The number of hydrogen-bond donors (Lipinski definition) is 12. The number of thioether (sulfide) groups is 3. The maximum atomic E-state index is 14.3. The van der Waals surface area contributed by atoms with E-state index in [0.29, 0.717) is 52.0 Å². The Balaban J connectivity index is 0.000000170. The van der Waals surface area contributed by atoms with Gasteiger partial charge in [-0.3, -0.25) is 0 Å². The van der Waals surface area contributed by atoms with Crippen molar-refractivity contribution in [1.82, 2.24) is 74.9 Å². The summed E-state index contributed by atoms with van der Waals surface area (Å²) in [7, 11) is 0. The highest BCUT2D eigenvalue weighted by atomic mass is 32.2. The number of hydrogen-bond acceptors (Lipinski definition) is 30. The second-order valence-corrected chi connectivity index (χ2v) is 27.7. The zero-order valence-electron chi connectivity index (χ0n) is 84.1. The lowest BCUT2D eigenvalue weighted by Gasteiger charge is -2.17. The van der Waals surface area contributed by atoms with Crippen molar-refractivity contribution in [1.29, 1.82) is 0 Å². The molecule has 36 heteroatoms. The van der Waals surface area contributed by atoms with Crippen molar-refractivity contribution in [2.24, 2.45) is 0 Å². The number of fused-ring (bicyclic) bond motifs is 3. The van der Waals surface area contributed by atoms with Crippen LogP contribution >= 0.6 is 35.3 Å². The van der Waals surface area contributed by atoms with Crippen LogP contribution in [0, 0.1) is 38.2 Å². The van der Waals surface area contributed by atoms with Gasteiger partial charge in [0, 0.05) is 92.7 Å². The van der Waals surface area contributed by atoms with Crippen molar-refractivity contribution >= 4 is 86.2 Å². The fraction of sp³-hybridized carbons (Fsp3) is 0.583. The maximum absolute atomic E-state index is 14.3. The normalized spacial score (nSPS) is 36.6. The molecule has 30 nitrogen and oxygen atoms in total. The van der Waals surface area contributed by atoms with Gasteiger partial charge in [-0.05, 0) is 111 Å². The summed E-state index contributed by atoms with van der Waals surface area (Å²) in [5, 5.41) is 124. The van der Waals surface area contributed by atoms with Gasteiger partial charge >= 0.3 is 0 Å². The van der Waals surface area contributed by atoms with E-state index in [0.717, 1.165) is 34.8 Å². The van der Waals surface area contributed by atoms with Crippen LogP contribution in [0.2, 0.25) is 0 Å². The Morgan fingerprint density at radius 3 is 1.07 bits per heavy atom. The van der Waals surface area contributed by atoms with Gasteiger partial charge in [0.25, 0.3) is 0 Å². The van der Waals surface area contributed by atoms with E-state index in [4.69, 9.17) is 49.9 Å². The van der Waals surface area contributed by atoms with Gasteiger partial charge in [0.2, 0.25) is 0 Å². The van der Waals surface area contributed by atoms with Crippen molar-refractivity contribution in [3.63, 3.8) is 0 Å². The molecule has 0 saturated heterocycles. The summed E-state index contributed by atoms with van der Waals surface area (Å²) >= 11 is 1.02. The Morgan fingerprint density at radius 1 is 0.454 bits per heavy atom. The number of aliphatic hydroxyl groups is 9. The van der Waals surface area contributed by atoms with Gasteiger partial charge < -0.3 is 76.1 Å². The van der Waals surface area contributed by atoms with Crippen LogP contribution in [0.4, 0.5) is 30.6 Å². The largest absolute Gasteiger partial charge is 0.394 e. The highest BCUT2D eigenvalue weighted by Gasteiger charge is 2.49. The third-order valence-corrected chi connectivity index (χ3v) is 20.5. The van der Waals surface area contributed by atoms with E-state index in [1.54, 1.807) is 32.9 Å². The molecule has 0 aliphatic heterocycles. The number of ether oxygens (including phenoxy) is 3. The van der Waals surface area contributed by atoms with E-state index >= 15 is 0 Å². The van der Waals surface area contributed by atoms with Crippen LogP contribution in [0.15, 0.2) is 70.1 Å². The quantitative estimate of drug-likeness (QED) is 0.0168. The van der Waals surface area contributed by atoms with Gasteiger partial charge in [0.05, 0.1) is 91.0 Å². The first-order valence-electron chi connectivity index (χ1n) is 46.5. The molecule has 582 valence electrons. The molecular weight excluding hydrogens is 1460 g/mol.